The zero-order valence-electron chi connectivity index (χ0n) is 26.2. The summed E-state index contributed by atoms with van der Waals surface area (Å²) >= 11 is 0. The van der Waals surface area contributed by atoms with Gasteiger partial charge in [-0.05, 0) is 52.1 Å². The summed E-state index contributed by atoms with van der Waals surface area (Å²) in [6.45, 7) is 7.51. The highest BCUT2D eigenvalue weighted by atomic mass is 28.4. The van der Waals surface area contributed by atoms with E-state index in [0.29, 0.717) is 18.9 Å². The van der Waals surface area contributed by atoms with Crippen molar-refractivity contribution in [2.24, 2.45) is 23.7 Å². The second-order valence-corrected chi connectivity index (χ2v) is 18.1. The van der Waals surface area contributed by atoms with Gasteiger partial charge in [0.1, 0.15) is 6.61 Å². The average Bonchev–Trinajstić information content (AvgIpc) is 3.41. The zero-order valence-corrected chi connectivity index (χ0v) is 27.2. The number of carbonyl (C=O) groups excluding carboxylic acids is 2. The number of allylic oxidation sites excluding steroid dienone is 1. The van der Waals surface area contributed by atoms with E-state index >= 15 is 0 Å². The van der Waals surface area contributed by atoms with Gasteiger partial charge < -0.3 is 9.16 Å². The molecular weight excluding hydrogens is 563 g/mol. The largest absolute Gasteiger partial charge is 0.447 e. The Kier molecular flexibility index (Phi) is 8.93. The molecule has 0 unspecified atom stereocenters. The van der Waals surface area contributed by atoms with Crippen LogP contribution in [0.1, 0.15) is 52.0 Å². The fourth-order valence-electron chi connectivity index (χ4n) is 8.03. The third kappa shape index (κ3) is 5.82. The number of ether oxygens (including phenoxy) is 1. The van der Waals surface area contributed by atoms with Gasteiger partial charge in [0.05, 0.1) is 12.0 Å². The van der Waals surface area contributed by atoms with Gasteiger partial charge >= 0.3 is 6.09 Å². The number of rotatable bonds is 8. The number of hydrogen-bond donors (Lipinski definition) is 0. The van der Waals surface area contributed by atoms with Gasteiger partial charge in [-0.25, -0.2) is 9.69 Å². The topological polar surface area (TPSA) is 55.8 Å². The predicted octanol–water partition coefficient (Wildman–Crippen LogP) is 6.76. The Hall–Kier alpha value is -3.48. The van der Waals surface area contributed by atoms with E-state index in [1.165, 1.54) is 21.7 Å². The second kappa shape index (κ2) is 12.9. The highest BCUT2D eigenvalue weighted by molar-refractivity contribution is 6.99. The van der Waals surface area contributed by atoms with Crippen LogP contribution in [0.2, 0.25) is 5.04 Å². The predicted molar refractivity (Wildman–Crippen MR) is 177 cm³/mol. The molecule has 2 aliphatic carbocycles. The molecule has 0 radical (unpaired) electrons. The molecule has 1 saturated heterocycles. The number of cyclic esters (lactones) is 1. The summed E-state index contributed by atoms with van der Waals surface area (Å²) in [5, 5.41) is 2.28. The molecule has 3 aliphatic rings. The molecule has 0 aromatic heterocycles. The maximum Gasteiger partial charge on any atom is 0.416 e. The van der Waals surface area contributed by atoms with E-state index in [1.54, 1.807) is 0 Å². The number of benzene rings is 3. The number of hydrogen-bond acceptors (Lipinski definition) is 4. The molecule has 3 aromatic rings. The minimum Gasteiger partial charge on any atom is -0.447 e. The first kappa shape index (κ1) is 30.5. The number of imide groups is 1. The maximum absolute atomic E-state index is 14.7. The summed E-state index contributed by atoms with van der Waals surface area (Å²) in [5.41, 5.74) is 1.10. The summed E-state index contributed by atoms with van der Waals surface area (Å²) in [7, 11) is -2.80. The quantitative estimate of drug-likeness (QED) is 0.210. The van der Waals surface area contributed by atoms with Gasteiger partial charge in [-0.3, -0.25) is 4.79 Å². The van der Waals surface area contributed by atoms with Crippen molar-refractivity contribution in [2.45, 2.75) is 64.0 Å². The highest BCUT2D eigenvalue weighted by Gasteiger charge is 2.53. The van der Waals surface area contributed by atoms with Gasteiger partial charge in [-0.1, -0.05) is 137 Å². The Morgan fingerprint density at radius 1 is 0.864 bits per heavy atom. The van der Waals surface area contributed by atoms with Gasteiger partial charge in [-0.15, -0.1) is 0 Å². The first-order valence-corrected chi connectivity index (χ1v) is 18.2. The van der Waals surface area contributed by atoms with Gasteiger partial charge in [0.25, 0.3) is 8.32 Å². The van der Waals surface area contributed by atoms with Crippen molar-refractivity contribution in [1.82, 2.24) is 4.90 Å². The molecule has 2 fully saturated rings. The molecule has 44 heavy (non-hydrogen) atoms. The Morgan fingerprint density at radius 3 is 2.07 bits per heavy atom. The summed E-state index contributed by atoms with van der Waals surface area (Å²) in [5.74, 6) is 0.000216. The summed E-state index contributed by atoms with van der Waals surface area (Å²) in [6.07, 6.45) is 9.04. The number of nitrogens with zero attached hydrogens (tertiary/aromatic N) is 1. The monoisotopic (exact) mass is 607 g/mol. The van der Waals surface area contributed by atoms with Crippen molar-refractivity contribution < 1.29 is 18.8 Å². The fraction of sp³-hybridized carbons (Fsp3) is 0.421. The van der Waals surface area contributed by atoms with Crippen LogP contribution in [0.25, 0.3) is 0 Å². The van der Waals surface area contributed by atoms with Crippen LogP contribution in [0.15, 0.2) is 103 Å². The minimum absolute atomic E-state index is 0.0919. The SMILES string of the molecule is CC(C)(C)[Si](OC[C@H]1C=C[C@H]2CCCC[C@@H]2[C@H]1C(=O)N1C(=O)OC[C@@H]1Cc1ccccc1)(c1ccccc1)c1ccccc1. The van der Waals surface area contributed by atoms with E-state index in [4.69, 9.17) is 9.16 Å². The molecule has 5 atom stereocenters. The van der Waals surface area contributed by atoms with E-state index in [9.17, 15) is 9.59 Å². The normalized spacial score (nSPS) is 25.4. The van der Waals surface area contributed by atoms with Crippen LogP contribution >= 0.6 is 0 Å². The van der Waals surface area contributed by atoms with Gasteiger partial charge in [0.2, 0.25) is 5.91 Å². The minimum atomic E-state index is -2.80. The molecule has 6 rings (SSSR count). The van der Waals surface area contributed by atoms with Crippen LogP contribution in [-0.2, 0) is 20.4 Å². The van der Waals surface area contributed by atoms with Crippen LogP contribution in [0, 0.1) is 23.7 Å². The van der Waals surface area contributed by atoms with Crippen LogP contribution in [0.5, 0.6) is 0 Å². The molecule has 230 valence electrons. The fourth-order valence-corrected chi connectivity index (χ4v) is 12.6. The Balaban J connectivity index is 1.35. The van der Waals surface area contributed by atoms with Crippen LogP contribution in [0.4, 0.5) is 4.79 Å². The van der Waals surface area contributed by atoms with Crippen molar-refractivity contribution in [3.8, 4) is 0 Å². The average molecular weight is 608 g/mol. The Morgan fingerprint density at radius 2 is 1.45 bits per heavy atom. The standard InChI is InChI=1S/C38H45NO4Si/c1-38(2,3)44(32-18-9-5-10-19-32,33-20-11-6-12-21-33)43-26-30-24-23-29-17-13-14-22-34(29)35(30)36(40)39-31(27-42-37(39)41)25-28-15-7-4-8-16-28/h4-12,15-16,18-21,23-24,29-31,34-35H,13-14,17,22,25-27H2,1-3H3/t29-,30-,31+,34+,35+/m1/s1. The van der Waals surface area contributed by atoms with Crippen LogP contribution < -0.4 is 10.4 Å². The first-order valence-electron chi connectivity index (χ1n) is 16.3. The summed E-state index contributed by atoms with van der Waals surface area (Å²) in [4.78, 5) is 29.3. The lowest BCUT2D eigenvalue weighted by molar-refractivity contribution is -0.139. The van der Waals surface area contributed by atoms with E-state index in [2.05, 4.69) is 93.6 Å². The Labute approximate surface area is 263 Å². The van der Waals surface area contributed by atoms with Crippen LogP contribution in [0.3, 0.4) is 0 Å². The third-order valence-electron chi connectivity index (χ3n) is 10.1. The zero-order chi connectivity index (χ0) is 30.7. The van der Waals surface area contributed by atoms with E-state index < -0.39 is 14.4 Å². The molecule has 1 heterocycles. The van der Waals surface area contributed by atoms with E-state index in [0.717, 1.165) is 24.8 Å². The van der Waals surface area contributed by atoms with Crippen molar-refractivity contribution in [1.29, 1.82) is 0 Å². The van der Waals surface area contributed by atoms with Crippen molar-refractivity contribution in [3.63, 3.8) is 0 Å². The molecule has 1 saturated carbocycles. The molecule has 3 aromatic carbocycles. The molecule has 0 spiro atoms. The molecule has 6 heteroatoms. The Bertz CT molecular complexity index is 1410. The second-order valence-electron chi connectivity index (χ2n) is 13.8. The highest BCUT2D eigenvalue weighted by Crippen LogP contribution is 2.45. The number of fused-ring (bicyclic) bond motifs is 1. The smallest absolute Gasteiger partial charge is 0.416 e. The molecule has 1 aliphatic heterocycles. The van der Waals surface area contributed by atoms with Crippen LogP contribution in [-0.4, -0.2) is 44.5 Å². The molecule has 0 N–H and O–H groups in total. The maximum atomic E-state index is 14.7. The summed E-state index contributed by atoms with van der Waals surface area (Å²) < 4.78 is 12.9. The van der Waals surface area contributed by atoms with Crippen molar-refractivity contribution >= 4 is 30.7 Å². The lowest BCUT2D eigenvalue weighted by atomic mass is 9.64. The van der Waals surface area contributed by atoms with E-state index in [-0.39, 0.29) is 41.3 Å². The van der Waals surface area contributed by atoms with Gasteiger partial charge in [0, 0.05) is 12.5 Å². The van der Waals surface area contributed by atoms with Gasteiger partial charge in [0.15, 0.2) is 0 Å². The lowest BCUT2D eigenvalue weighted by Crippen LogP contribution is -2.67. The number of amides is 2. The molecule has 0 bridgehead atoms. The molecule has 5 nitrogen and oxygen atoms in total. The lowest BCUT2D eigenvalue weighted by Gasteiger charge is -2.46. The first-order chi connectivity index (χ1) is 21.3. The third-order valence-corrected chi connectivity index (χ3v) is 15.1. The molecular formula is C38H45NO4Si. The summed E-state index contributed by atoms with van der Waals surface area (Å²) in [6, 6.07) is 31.1. The number of carbonyl (C=O) groups is 2. The van der Waals surface area contributed by atoms with Gasteiger partial charge in [-0.2, -0.15) is 0 Å². The van der Waals surface area contributed by atoms with Crippen molar-refractivity contribution in [3.05, 3.63) is 109 Å². The molecule has 2 amide bonds. The van der Waals surface area contributed by atoms with Crippen molar-refractivity contribution in [2.75, 3.05) is 13.2 Å². The van der Waals surface area contributed by atoms with E-state index in [1.807, 2.05) is 30.3 Å².